The van der Waals surface area contributed by atoms with Gasteiger partial charge in [0.15, 0.2) is 0 Å². The third-order valence-corrected chi connectivity index (χ3v) is 27.1. The van der Waals surface area contributed by atoms with E-state index in [4.69, 9.17) is 0 Å². The van der Waals surface area contributed by atoms with Crippen molar-refractivity contribution < 1.29 is 0 Å². The SMILES string of the molecule is CC1(C)C2CCCCC2C2CCC(N(C3CCC(C4CCCCC4)CC3)C3CCC(C4CCC(N(C5CCC(C6CCCCC6)CC5)C5CCC6C7CCCCC7C(C)(C)C6C5)CC4)CC3)CC21. The van der Waals surface area contributed by atoms with Gasteiger partial charge in [0.05, 0.1) is 0 Å². The van der Waals surface area contributed by atoms with E-state index in [9.17, 15) is 0 Å². The molecule has 12 fully saturated rings. The molecule has 12 saturated carbocycles. The first kappa shape index (κ1) is 48.8. The van der Waals surface area contributed by atoms with Crippen molar-refractivity contribution in [3.63, 3.8) is 0 Å². The van der Waals surface area contributed by atoms with Crippen LogP contribution in [0.4, 0.5) is 0 Å². The number of fused-ring (bicyclic) bond motifs is 6. The van der Waals surface area contributed by atoms with Crippen molar-refractivity contribution in [2.24, 2.45) is 93.7 Å². The van der Waals surface area contributed by atoms with Gasteiger partial charge in [0.2, 0.25) is 0 Å². The highest BCUT2D eigenvalue weighted by Crippen LogP contribution is 2.65. The van der Waals surface area contributed by atoms with E-state index in [1.807, 2.05) is 0 Å². The van der Waals surface area contributed by atoms with Crippen LogP contribution in [0, 0.1) is 93.7 Å². The Labute approximate surface area is 422 Å². The van der Waals surface area contributed by atoms with Crippen LogP contribution in [-0.4, -0.2) is 46.1 Å². The van der Waals surface area contributed by atoms with Gasteiger partial charge >= 0.3 is 0 Å². The van der Waals surface area contributed by atoms with Crippen LogP contribution in [0.3, 0.4) is 0 Å². The van der Waals surface area contributed by atoms with Crippen molar-refractivity contribution >= 4 is 0 Å². The molecule has 0 spiro atoms. The fourth-order valence-corrected chi connectivity index (χ4v) is 23.8. The van der Waals surface area contributed by atoms with Crippen LogP contribution < -0.4 is 0 Å². The number of nitrogens with zero attached hydrogens (tertiary/aromatic N) is 2. The van der Waals surface area contributed by atoms with Gasteiger partial charge in [-0.2, -0.15) is 0 Å². The molecule has 68 heavy (non-hydrogen) atoms. The molecule has 12 rings (SSSR count). The smallest absolute Gasteiger partial charge is 0.0104 e. The molecule has 0 aromatic carbocycles. The third-order valence-electron chi connectivity index (χ3n) is 27.1. The van der Waals surface area contributed by atoms with Gasteiger partial charge in [0.25, 0.3) is 0 Å². The molecular formula is C66H112N2. The average Bonchev–Trinajstić information content (AvgIpc) is 3.76. The van der Waals surface area contributed by atoms with Crippen molar-refractivity contribution in [2.45, 2.75) is 321 Å². The van der Waals surface area contributed by atoms with Crippen molar-refractivity contribution in [2.75, 3.05) is 0 Å². The maximum absolute atomic E-state index is 3.41. The maximum Gasteiger partial charge on any atom is 0.0104 e. The van der Waals surface area contributed by atoms with E-state index in [-0.39, 0.29) is 0 Å². The van der Waals surface area contributed by atoms with Crippen molar-refractivity contribution in [3.8, 4) is 0 Å². The molecular weight excluding hydrogens is 821 g/mol. The van der Waals surface area contributed by atoms with E-state index in [0.29, 0.717) is 10.8 Å². The number of hydrogen-bond acceptors (Lipinski definition) is 2. The van der Waals surface area contributed by atoms with Crippen molar-refractivity contribution in [3.05, 3.63) is 0 Å². The van der Waals surface area contributed by atoms with Crippen LogP contribution in [0.1, 0.15) is 285 Å². The topological polar surface area (TPSA) is 6.48 Å². The monoisotopic (exact) mass is 933 g/mol. The summed E-state index contributed by atoms with van der Waals surface area (Å²) in [7, 11) is 0. The molecule has 0 aromatic rings. The van der Waals surface area contributed by atoms with Crippen LogP contribution in [0.15, 0.2) is 0 Å². The molecule has 0 bridgehead atoms. The molecule has 0 aliphatic heterocycles. The zero-order valence-electron chi connectivity index (χ0n) is 45.7. The first-order valence-electron chi connectivity index (χ1n) is 32.8. The Morgan fingerprint density at radius 2 is 0.471 bits per heavy atom. The molecule has 0 saturated heterocycles. The molecule has 2 heteroatoms. The first-order chi connectivity index (χ1) is 33.2. The third kappa shape index (κ3) is 9.40. The summed E-state index contributed by atoms with van der Waals surface area (Å²) in [6.07, 6.45) is 62.1. The van der Waals surface area contributed by atoms with Crippen molar-refractivity contribution in [1.82, 2.24) is 9.80 Å². The molecule has 10 unspecified atom stereocenters. The molecule has 2 nitrogen and oxygen atoms in total. The first-order valence-corrected chi connectivity index (χ1v) is 32.8. The maximum atomic E-state index is 3.41. The second-order valence-electron chi connectivity index (χ2n) is 30.2. The Bertz CT molecular complexity index is 1470. The lowest BCUT2D eigenvalue weighted by Crippen LogP contribution is -2.55. The van der Waals surface area contributed by atoms with Gasteiger partial charge in [0.1, 0.15) is 0 Å². The Balaban J connectivity index is 0.707. The highest BCUT2D eigenvalue weighted by Gasteiger charge is 2.59. The van der Waals surface area contributed by atoms with Gasteiger partial charge in [-0.1, -0.05) is 118 Å². The van der Waals surface area contributed by atoms with E-state index >= 15 is 0 Å². The number of hydrogen-bond donors (Lipinski definition) is 0. The molecule has 0 amide bonds. The fourth-order valence-electron chi connectivity index (χ4n) is 23.8. The number of rotatable bonds is 9. The summed E-state index contributed by atoms with van der Waals surface area (Å²) in [5, 5.41) is 0. The summed E-state index contributed by atoms with van der Waals surface area (Å²) >= 11 is 0. The van der Waals surface area contributed by atoms with Gasteiger partial charge in [-0.15, -0.1) is 0 Å². The summed E-state index contributed by atoms with van der Waals surface area (Å²) in [6, 6.07) is 5.37. The van der Waals surface area contributed by atoms with E-state index in [1.54, 1.807) is 193 Å². The van der Waals surface area contributed by atoms with Gasteiger partial charge in [-0.3, -0.25) is 9.80 Å². The lowest BCUT2D eigenvalue weighted by atomic mass is 9.65. The molecule has 0 aromatic heterocycles. The van der Waals surface area contributed by atoms with Crippen LogP contribution in [0.2, 0.25) is 0 Å². The summed E-state index contributed by atoms with van der Waals surface area (Å²) in [6.45, 7) is 11.1. The van der Waals surface area contributed by atoms with Crippen LogP contribution >= 0.6 is 0 Å². The van der Waals surface area contributed by atoms with Gasteiger partial charge in [-0.05, 0) is 261 Å². The fraction of sp³-hybridized carbons (Fsp3) is 1.00. The lowest BCUT2D eigenvalue weighted by molar-refractivity contribution is -0.0350. The molecule has 12 aliphatic carbocycles. The van der Waals surface area contributed by atoms with E-state index in [0.717, 1.165) is 119 Å². The Morgan fingerprint density at radius 1 is 0.221 bits per heavy atom. The molecule has 12 aliphatic rings. The van der Waals surface area contributed by atoms with E-state index in [1.165, 1.54) is 64.2 Å². The molecule has 0 N–H and O–H groups in total. The van der Waals surface area contributed by atoms with E-state index < -0.39 is 0 Å². The standard InChI is InChI=1S/C66H112N2/c1-65(2)61-21-13-11-19-57(61)59-41-39-55(43-63(59)65)67(51-31-23-47(24-32-51)45-15-7-5-8-16-45)53-35-27-49(28-36-53)50-29-37-54(38-30-50)68(52-33-25-48(26-34-52)46-17-9-6-10-18-46)56-40-42-60-58-20-12-14-22-62(58)66(3,4)64(60)44-56/h45-64H,5-44H2,1-4H3. The Kier molecular flexibility index (Phi) is 15.0. The van der Waals surface area contributed by atoms with Crippen molar-refractivity contribution in [1.29, 1.82) is 0 Å². The minimum absolute atomic E-state index is 0.574. The molecule has 386 valence electrons. The molecule has 0 heterocycles. The minimum Gasteiger partial charge on any atom is -0.294 e. The summed E-state index contributed by atoms with van der Waals surface area (Å²) in [4.78, 5) is 6.82. The summed E-state index contributed by atoms with van der Waals surface area (Å²) < 4.78 is 0. The highest BCUT2D eigenvalue weighted by molar-refractivity contribution is 5.09. The quantitative estimate of drug-likeness (QED) is 0.227. The zero-order valence-corrected chi connectivity index (χ0v) is 45.7. The second-order valence-corrected chi connectivity index (χ2v) is 30.2. The largest absolute Gasteiger partial charge is 0.294 e. The van der Waals surface area contributed by atoms with Gasteiger partial charge < -0.3 is 0 Å². The minimum atomic E-state index is 0.574. The van der Waals surface area contributed by atoms with Crippen LogP contribution in [0.25, 0.3) is 0 Å². The van der Waals surface area contributed by atoms with E-state index in [2.05, 4.69) is 37.5 Å². The predicted molar refractivity (Wildman–Crippen MR) is 288 cm³/mol. The second kappa shape index (κ2) is 20.9. The summed E-state index contributed by atoms with van der Waals surface area (Å²) in [5.41, 5.74) is 1.15. The predicted octanol–water partition coefficient (Wildman–Crippen LogP) is 18.2. The normalized spacial score (nSPS) is 48.1. The lowest BCUT2D eigenvalue weighted by Gasteiger charge is -2.53. The Morgan fingerprint density at radius 3 is 0.794 bits per heavy atom. The summed E-state index contributed by atoms with van der Waals surface area (Å²) in [5.74, 6) is 14.7. The van der Waals surface area contributed by atoms with Gasteiger partial charge in [-0.25, -0.2) is 0 Å². The van der Waals surface area contributed by atoms with Gasteiger partial charge in [0, 0.05) is 36.3 Å². The van der Waals surface area contributed by atoms with Crippen LogP contribution in [0.5, 0.6) is 0 Å². The zero-order chi connectivity index (χ0) is 46.0. The average molecular weight is 934 g/mol. The molecule has 10 atom stereocenters. The molecule has 0 radical (unpaired) electrons. The highest BCUT2D eigenvalue weighted by atomic mass is 15.2. The van der Waals surface area contributed by atoms with Crippen LogP contribution in [-0.2, 0) is 0 Å². The Hall–Kier alpha value is -0.0800.